The first-order chi connectivity index (χ1) is 16.0. The number of nitrogens with zero attached hydrogens (tertiary/aromatic N) is 2. The number of carbonyl (C=O) groups excluding carboxylic acids is 1. The maximum absolute atomic E-state index is 13.3. The average molecular weight is 490 g/mol. The van der Waals surface area contributed by atoms with Crippen molar-refractivity contribution >= 4 is 27.8 Å². The minimum Gasteiger partial charge on any atom is -0.271 e. The summed E-state index contributed by atoms with van der Waals surface area (Å²) in [4.78, 5) is 12.6. The van der Waals surface area contributed by atoms with Crippen molar-refractivity contribution in [1.82, 2.24) is 5.43 Å². The lowest BCUT2D eigenvalue weighted by Crippen LogP contribution is -2.39. The van der Waals surface area contributed by atoms with Crippen LogP contribution in [0.2, 0.25) is 0 Å². The fraction of sp³-hybridized carbons (Fsp3) is 0.167. The number of alkyl halides is 3. The van der Waals surface area contributed by atoms with E-state index in [1.165, 1.54) is 24.3 Å². The van der Waals surface area contributed by atoms with E-state index in [1.807, 2.05) is 6.92 Å². The maximum atomic E-state index is 13.3. The van der Waals surface area contributed by atoms with Crippen LogP contribution in [-0.2, 0) is 21.0 Å². The first-order valence-corrected chi connectivity index (χ1v) is 11.6. The van der Waals surface area contributed by atoms with E-state index in [9.17, 15) is 26.4 Å². The van der Waals surface area contributed by atoms with Crippen LogP contribution in [0.4, 0.5) is 18.9 Å². The summed E-state index contributed by atoms with van der Waals surface area (Å²) in [6, 6.07) is 17.3. The molecule has 0 radical (unpaired) electrons. The highest BCUT2D eigenvalue weighted by Crippen LogP contribution is 2.29. The van der Waals surface area contributed by atoms with Crippen LogP contribution in [0.3, 0.4) is 0 Å². The Labute approximate surface area is 195 Å². The number of amides is 1. The van der Waals surface area contributed by atoms with Crippen LogP contribution >= 0.6 is 0 Å². The number of anilines is 1. The summed E-state index contributed by atoms with van der Waals surface area (Å²) in [7, 11) is -4.09. The van der Waals surface area contributed by atoms with Gasteiger partial charge < -0.3 is 0 Å². The lowest BCUT2D eigenvalue weighted by atomic mass is 10.1. The molecule has 0 aliphatic carbocycles. The predicted octanol–water partition coefficient (Wildman–Crippen LogP) is 4.67. The Hall–Kier alpha value is -3.66. The molecule has 10 heteroatoms. The Morgan fingerprint density at radius 2 is 1.65 bits per heavy atom. The number of hydrazone groups is 1. The Balaban J connectivity index is 1.82. The van der Waals surface area contributed by atoms with Gasteiger partial charge >= 0.3 is 6.18 Å². The number of hydrogen-bond acceptors (Lipinski definition) is 4. The standard InChI is InChI=1S/C24H22F3N3O3S/c1-17-9-11-22(12-10-17)34(32,33)30(21-8-3-5-18(2)13-21)16-23(31)29-28-15-19-6-4-7-20(14-19)24(25,26)27/h3-15H,16H2,1-2H3,(H,29,31)/b28-15-. The second-order valence-electron chi connectivity index (χ2n) is 7.58. The molecule has 3 aromatic rings. The molecule has 34 heavy (non-hydrogen) atoms. The summed E-state index contributed by atoms with van der Waals surface area (Å²) in [5, 5.41) is 3.68. The van der Waals surface area contributed by atoms with E-state index in [4.69, 9.17) is 0 Å². The quantitative estimate of drug-likeness (QED) is 0.387. The molecule has 178 valence electrons. The maximum Gasteiger partial charge on any atom is 0.416 e. The molecule has 0 heterocycles. The third-order valence-corrected chi connectivity index (χ3v) is 6.59. The Kier molecular flexibility index (Phi) is 7.41. The van der Waals surface area contributed by atoms with Gasteiger partial charge in [0.15, 0.2) is 0 Å². The number of aryl methyl sites for hydroxylation is 2. The minimum absolute atomic E-state index is 0.0138. The van der Waals surface area contributed by atoms with Crippen molar-refractivity contribution in [2.24, 2.45) is 5.10 Å². The molecule has 0 unspecified atom stereocenters. The SMILES string of the molecule is Cc1ccc(S(=O)(=O)N(CC(=O)N/N=C\c2cccc(C(F)(F)F)c2)c2cccc(C)c2)cc1. The third kappa shape index (κ3) is 6.22. The second-order valence-corrected chi connectivity index (χ2v) is 9.44. The molecule has 0 bridgehead atoms. The molecule has 6 nitrogen and oxygen atoms in total. The number of carbonyl (C=O) groups is 1. The zero-order valence-electron chi connectivity index (χ0n) is 18.4. The second kappa shape index (κ2) is 10.1. The van der Waals surface area contributed by atoms with Crippen LogP contribution in [0.5, 0.6) is 0 Å². The van der Waals surface area contributed by atoms with E-state index in [0.29, 0.717) is 0 Å². The molecule has 0 spiro atoms. The molecular weight excluding hydrogens is 467 g/mol. The molecular formula is C24H22F3N3O3S. The van der Waals surface area contributed by atoms with Crippen LogP contribution in [0.15, 0.2) is 82.8 Å². The van der Waals surface area contributed by atoms with Gasteiger partial charge in [0.2, 0.25) is 0 Å². The van der Waals surface area contributed by atoms with Gasteiger partial charge in [0.1, 0.15) is 6.54 Å². The first kappa shape index (κ1) is 25.0. The van der Waals surface area contributed by atoms with Crippen LogP contribution in [0.1, 0.15) is 22.3 Å². The number of nitrogens with one attached hydrogen (secondary N) is 1. The zero-order valence-corrected chi connectivity index (χ0v) is 19.2. The van der Waals surface area contributed by atoms with Gasteiger partial charge in [0.25, 0.3) is 15.9 Å². The normalized spacial score (nSPS) is 12.0. The lowest BCUT2D eigenvalue weighted by molar-refractivity contribution is -0.137. The molecule has 0 saturated carbocycles. The Morgan fingerprint density at radius 3 is 2.29 bits per heavy atom. The highest BCUT2D eigenvalue weighted by atomic mass is 32.2. The molecule has 0 aliphatic heterocycles. The molecule has 0 aliphatic rings. The predicted molar refractivity (Wildman–Crippen MR) is 124 cm³/mol. The van der Waals surface area contributed by atoms with Crippen molar-refractivity contribution in [2.45, 2.75) is 24.9 Å². The Morgan fingerprint density at radius 1 is 0.971 bits per heavy atom. The number of benzene rings is 3. The molecule has 1 amide bonds. The monoisotopic (exact) mass is 489 g/mol. The van der Waals surface area contributed by atoms with Crippen molar-refractivity contribution < 1.29 is 26.4 Å². The molecule has 3 aromatic carbocycles. The first-order valence-electron chi connectivity index (χ1n) is 10.1. The van der Waals surface area contributed by atoms with E-state index in [-0.39, 0.29) is 16.1 Å². The smallest absolute Gasteiger partial charge is 0.271 e. The molecule has 1 N–H and O–H groups in total. The van der Waals surface area contributed by atoms with Crippen LogP contribution in [0, 0.1) is 13.8 Å². The highest BCUT2D eigenvalue weighted by molar-refractivity contribution is 7.92. The van der Waals surface area contributed by atoms with Crippen molar-refractivity contribution in [3.63, 3.8) is 0 Å². The topological polar surface area (TPSA) is 78.8 Å². The Bertz CT molecular complexity index is 1300. The number of sulfonamides is 1. The molecule has 3 rings (SSSR count). The van der Waals surface area contributed by atoms with E-state index in [0.717, 1.165) is 33.8 Å². The molecule has 0 saturated heterocycles. The molecule has 0 atom stereocenters. The van der Waals surface area contributed by atoms with Crippen LogP contribution in [-0.4, -0.2) is 27.1 Å². The largest absolute Gasteiger partial charge is 0.416 e. The zero-order chi connectivity index (χ0) is 24.9. The van der Waals surface area contributed by atoms with E-state index < -0.39 is 34.2 Å². The summed E-state index contributed by atoms with van der Waals surface area (Å²) < 4.78 is 66.1. The van der Waals surface area contributed by atoms with Gasteiger partial charge in [0, 0.05) is 0 Å². The van der Waals surface area contributed by atoms with E-state index >= 15 is 0 Å². The van der Waals surface area contributed by atoms with Crippen molar-refractivity contribution in [2.75, 3.05) is 10.8 Å². The van der Waals surface area contributed by atoms with Crippen molar-refractivity contribution in [3.05, 3.63) is 95.1 Å². The van der Waals surface area contributed by atoms with Crippen molar-refractivity contribution in [1.29, 1.82) is 0 Å². The van der Waals surface area contributed by atoms with E-state index in [2.05, 4.69) is 10.5 Å². The van der Waals surface area contributed by atoms with Crippen molar-refractivity contribution in [3.8, 4) is 0 Å². The number of halogens is 3. The summed E-state index contributed by atoms with van der Waals surface area (Å²) >= 11 is 0. The summed E-state index contributed by atoms with van der Waals surface area (Å²) in [6.07, 6.45) is -3.45. The molecule has 0 fully saturated rings. The summed E-state index contributed by atoms with van der Waals surface area (Å²) in [5.74, 6) is -0.764. The average Bonchev–Trinajstić information content (AvgIpc) is 2.77. The third-order valence-electron chi connectivity index (χ3n) is 4.80. The van der Waals surface area contributed by atoms with Crippen LogP contribution < -0.4 is 9.73 Å². The lowest BCUT2D eigenvalue weighted by Gasteiger charge is -2.24. The van der Waals surface area contributed by atoms with Gasteiger partial charge in [-0.1, -0.05) is 42.0 Å². The summed E-state index contributed by atoms with van der Waals surface area (Å²) in [5.41, 5.74) is 3.42. The van der Waals surface area contributed by atoms with Gasteiger partial charge in [-0.15, -0.1) is 0 Å². The van der Waals surface area contributed by atoms with Gasteiger partial charge in [0.05, 0.1) is 22.4 Å². The summed E-state index contributed by atoms with van der Waals surface area (Å²) in [6.45, 7) is 3.03. The molecule has 0 aromatic heterocycles. The highest BCUT2D eigenvalue weighted by Gasteiger charge is 2.30. The van der Waals surface area contributed by atoms with Gasteiger partial charge in [-0.05, 0) is 61.4 Å². The van der Waals surface area contributed by atoms with Gasteiger partial charge in [-0.25, -0.2) is 13.8 Å². The fourth-order valence-electron chi connectivity index (χ4n) is 3.08. The number of rotatable bonds is 7. The van der Waals surface area contributed by atoms with Crippen LogP contribution in [0.25, 0.3) is 0 Å². The van der Waals surface area contributed by atoms with Gasteiger partial charge in [-0.2, -0.15) is 18.3 Å². The fourth-order valence-corrected chi connectivity index (χ4v) is 4.49. The number of hydrogen-bond donors (Lipinski definition) is 1. The minimum atomic E-state index is -4.51. The van der Waals surface area contributed by atoms with E-state index in [1.54, 1.807) is 43.3 Å². The van der Waals surface area contributed by atoms with Gasteiger partial charge in [-0.3, -0.25) is 9.10 Å².